The number of halogens is 3. The minimum atomic E-state index is -2.93. The van der Waals surface area contributed by atoms with Crippen LogP contribution in [0, 0.1) is 0 Å². The van der Waals surface area contributed by atoms with E-state index in [1.807, 2.05) is 0 Å². The second kappa shape index (κ2) is 6.66. The van der Waals surface area contributed by atoms with Crippen molar-refractivity contribution >= 4 is 23.0 Å². The summed E-state index contributed by atoms with van der Waals surface area (Å²) in [7, 11) is 0. The van der Waals surface area contributed by atoms with Crippen LogP contribution in [0.25, 0.3) is 5.52 Å². The molecule has 0 bridgehead atoms. The highest BCUT2D eigenvalue weighted by Crippen LogP contribution is 2.36. The third-order valence-corrected chi connectivity index (χ3v) is 5.25. The molecule has 0 radical (unpaired) electrons. The largest absolute Gasteiger partial charge is 0.438 e. The van der Waals surface area contributed by atoms with Crippen LogP contribution in [-0.2, 0) is 6.42 Å². The number of aromatic amines is 1. The lowest BCUT2D eigenvalue weighted by atomic mass is 9.99. The van der Waals surface area contributed by atoms with E-state index in [-0.39, 0.29) is 6.54 Å². The van der Waals surface area contributed by atoms with E-state index in [0.717, 1.165) is 12.1 Å². The zero-order valence-corrected chi connectivity index (χ0v) is 15.5. The highest BCUT2D eigenvalue weighted by atomic mass is 35.5. The van der Waals surface area contributed by atoms with Crippen LogP contribution in [0.2, 0.25) is 5.02 Å². The number of nitrogens with one attached hydrogen (secondary N) is 1. The summed E-state index contributed by atoms with van der Waals surface area (Å²) in [6.45, 7) is 0.268. The van der Waals surface area contributed by atoms with Gasteiger partial charge in [-0.05, 0) is 18.2 Å². The number of hydrogen-bond donors (Lipinski definition) is 1. The van der Waals surface area contributed by atoms with Crippen LogP contribution < -0.4 is 0 Å². The molecule has 5 rings (SSSR count). The van der Waals surface area contributed by atoms with Crippen molar-refractivity contribution in [1.82, 2.24) is 29.5 Å². The Balaban J connectivity index is 1.63. The van der Waals surface area contributed by atoms with Gasteiger partial charge in [0.25, 0.3) is 12.3 Å². The number of carbonyl (C=O) groups excluding carboxylic acids is 1. The quantitative estimate of drug-likeness (QED) is 0.550. The molecule has 5 heterocycles. The first-order valence-electron chi connectivity index (χ1n) is 8.73. The van der Waals surface area contributed by atoms with Gasteiger partial charge in [-0.2, -0.15) is 5.10 Å². The summed E-state index contributed by atoms with van der Waals surface area (Å²) in [6, 6.07) is 4.55. The molecule has 0 saturated heterocycles. The number of fused-ring (bicyclic) bond motifs is 2. The van der Waals surface area contributed by atoms with Crippen molar-refractivity contribution in [1.29, 1.82) is 0 Å². The van der Waals surface area contributed by atoms with Gasteiger partial charge in [-0.25, -0.2) is 23.3 Å². The Morgan fingerprint density at radius 1 is 1.38 bits per heavy atom. The molecule has 148 valence electrons. The van der Waals surface area contributed by atoms with Crippen molar-refractivity contribution in [3.8, 4) is 0 Å². The minimum Gasteiger partial charge on any atom is -0.438 e. The van der Waals surface area contributed by atoms with Crippen molar-refractivity contribution in [3.05, 3.63) is 70.7 Å². The van der Waals surface area contributed by atoms with Crippen LogP contribution in [0.1, 0.15) is 45.8 Å². The standard InChI is InChI=1S/C18H13ClF2N6O2/c19-9-2-1-4-27-12(9)6-11(25-27)15-13-10(22-7-23-13)3-5-26(15)18(28)16-14(17(20)21)24-8-29-16/h1-2,4,6-8,15,17H,3,5H2,(H,22,23). The Morgan fingerprint density at radius 3 is 3.03 bits per heavy atom. The van der Waals surface area contributed by atoms with E-state index >= 15 is 0 Å². The fourth-order valence-corrected chi connectivity index (χ4v) is 3.84. The van der Waals surface area contributed by atoms with Crippen LogP contribution >= 0.6 is 11.6 Å². The maximum absolute atomic E-state index is 13.2. The monoisotopic (exact) mass is 418 g/mol. The van der Waals surface area contributed by atoms with Crippen LogP contribution in [0.15, 0.2) is 41.5 Å². The molecule has 1 amide bonds. The van der Waals surface area contributed by atoms with E-state index in [1.165, 1.54) is 11.2 Å². The predicted octanol–water partition coefficient (Wildman–Crippen LogP) is 3.42. The van der Waals surface area contributed by atoms with Crippen LogP contribution in [0.3, 0.4) is 0 Å². The van der Waals surface area contributed by atoms with Crippen molar-refractivity contribution in [2.75, 3.05) is 6.54 Å². The summed E-state index contributed by atoms with van der Waals surface area (Å²) in [5.74, 6) is -1.18. The Labute approximate surface area is 167 Å². The molecule has 4 aromatic heterocycles. The molecule has 0 fully saturated rings. The van der Waals surface area contributed by atoms with E-state index in [4.69, 9.17) is 16.0 Å². The molecule has 0 saturated carbocycles. The summed E-state index contributed by atoms with van der Waals surface area (Å²) < 4.78 is 33.1. The number of nitrogens with zero attached hydrogens (tertiary/aromatic N) is 5. The Bertz CT molecular complexity index is 1220. The van der Waals surface area contributed by atoms with E-state index in [0.29, 0.717) is 28.3 Å². The second-order valence-electron chi connectivity index (χ2n) is 6.54. The molecule has 8 nitrogen and oxygen atoms in total. The minimum absolute atomic E-state index is 0.268. The molecule has 0 spiro atoms. The van der Waals surface area contributed by atoms with E-state index in [2.05, 4.69) is 20.1 Å². The number of rotatable bonds is 3. The average molecular weight is 419 g/mol. The molecule has 11 heteroatoms. The lowest BCUT2D eigenvalue weighted by Gasteiger charge is -2.33. The second-order valence-corrected chi connectivity index (χ2v) is 6.95. The predicted molar refractivity (Wildman–Crippen MR) is 96.8 cm³/mol. The SMILES string of the molecule is O=C(c1ocnc1C(F)F)N1CCc2[nH]cnc2C1c1cc2c(Cl)cccn2n1. The van der Waals surface area contributed by atoms with Gasteiger partial charge in [0.2, 0.25) is 5.76 Å². The first-order chi connectivity index (χ1) is 14.0. The topological polar surface area (TPSA) is 92.3 Å². The van der Waals surface area contributed by atoms with Gasteiger partial charge in [0, 0.05) is 24.9 Å². The normalized spacial score (nSPS) is 16.6. The number of aromatic nitrogens is 5. The number of alkyl halides is 2. The van der Waals surface area contributed by atoms with E-state index in [1.54, 1.807) is 28.9 Å². The van der Waals surface area contributed by atoms with E-state index < -0.39 is 29.8 Å². The van der Waals surface area contributed by atoms with Gasteiger partial charge in [-0.15, -0.1) is 0 Å². The zero-order valence-electron chi connectivity index (χ0n) is 14.7. The van der Waals surface area contributed by atoms with Gasteiger partial charge in [-0.3, -0.25) is 4.79 Å². The molecule has 4 aromatic rings. The first kappa shape index (κ1) is 17.8. The van der Waals surface area contributed by atoms with E-state index in [9.17, 15) is 13.6 Å². The fraction of sp³-hybridized carbons (Fsp3) is 0.222. The molecular formula is C18H13ClF2N6O2. The maximum Gasteiger partial charge on any atom is 0.292 e. The number of hydrogen-bond acceptors (Lipinski definition) is 5. The third kappa shape index (κ3) is 2.79. The number of amides is 1. The maximum atomic E-state index is 13.2. The van der Waals surface area contributed by atoms with Gasteiger partial charge in [0.1, 0.15) is 6.04 Å². The Kier molecular flexibility index (Phi) is 4.09. The first-order valence-corrected chi connectivity index (χ1v) is 9.11. The molecular weight excluding hydrogens is 406 g/mol. The molecule has 29 heavy (non-hydrogen) atoms. The molecule has 0 aliphatic carbocycles. The van der Waals surface area contributed by atoms with Crippen LogP contribution in [-0.4, -0.2) is 41.9 Å². The number of oxazole rings is 1. The fourth-order valence-electron chi connectivity index (χ4n) is 3.63. The van der Waals surface area contributed by atoms with Crippen LogP contribution in [0.4, 0.5) is 8.78 Å². The van der Waals surface area contributed by atoms with Gasteiger partial charge < -0.3 is 14.3 Å². The number of pyridine rings is 1. The van der Waals surface area contributed by atoms with Crippen molar-refractivity contribution < 1.29 is 18.0 Å². The molecule has 1 aliphatic rings. The number of H-pyrrole nitrogens is 1. The summed E-state index contributed by atoms with van der Waals surface area (Å²) in [5.41, 5.74) is 1.94. The Hall–Kier alpha value is -3.27. The van der Waals surface area contributed by atoms with Gasteiger partial charge >= 0.3 is 0 Å². The van der Waals surface area contributed by atoms with Gasteiger partial charge in [0.05, 0.1) is 28.3 Å². The molecule has 1 N–H and O–H groups in total. The zero-order chi connectivity index (χ0) is 20.1. The average Bonchev–Trinajstić information content (AvgIpc) is 3.44. The summed E-state index contributed by atoms with van der Waals surface area (Å²) >= 11 is 6.25. The van der Waals surface area contributed by atoms with Crippen molar-refractivity contribution in [2.24, 2.45) is 0 Å². The third-order valence-electron chi connectivity index (χ3n) is 4.93. The smallest absolute Gasteiger partial charge is 0.292 e. The van der Waals surface area contributed by atoms with Crippen molar-refractivity contribution in [2.45, 2.75) is 18.9 Å². The molecule has 1 aliphatic heterocycles. The Morgan fingerprint density at radius 2 is 2.24 bits per heavy atom. The molecule has 1 atom stereocenters. The van der Waals surface area contributed by atoms with Gasteiger partial charge in [-0.1, -0.05) is 11.6 Å². The highest BCUT2D eigenvalue weighted by Gasteiger charge is 2.39. The molecule has 0 aromatic carbocycles. The van der Waals surface area contributed by atoms with Crippen molar-refractivity contribution in [3.63, 3.8) is 0 Å². The lowest BCUT2D eigenvalue weighted by Crippen LogP contribution is -2.41. The summed E-state index contributed by atoms with van der Waals surface area (Å²) in [5, 5.41) is 5.03. The van der Waals surface area contributed by atoms with Crippen LogP contribution in [0.5, 0.6) is 0 Å². The highest BCUT2D eigenvalue weighted by molar-refractivity contribution is 6.33. The lowest BCUT2D eigenvalue weighted by molar-refractivity contribution is 0.0639. The summed E-state index contributed by atoms with van der Waals surface area (Å²) in [4.78, 5) is 25.5. The number of imidazole rings is 1. The molecule has 1 unspecified atom stereocenters. The van der Waals surface area contributed by atoms with Gasteiger partial charge in [0.15, 0.2) is 12.1 Å². The number of carbonyl (C=O) groups is 1. The summed E-state index contributed by atoms with van der Waals surface area (Å²) in [6.07, 6.45) is 1.68.